The second-order valence-electron chi connectivity index (χ2n) is 9.23. The molecule has 3 aromatic rings. The highest BCUT2D eigenvalue weighted by atomic mass is 35.5. The third kappa shape index (κ3) is 4.61. The summed E-state index contributed by atoms with van der Waals surface area (Å²) in [6, 6.07) is 21.7. The Balaban J connectivity index is 1.35. The molecule has 1 fully saturated rings. The molecule has 0 bridgehead atoms. The number of hydrogen-bond donors (Lipinski definition) is 1. The molecule has 3 aromatic carbocycles. The Morgan fingerprint density at radius 2 is 1.70 bits per heavy atom. The predicted octanol–water partition coefficient (Wildman–Crippen LogP) is 6.89. The predicted molar refractivity (Wildman–Crippen MR) is 137 cm³/mol. The smallest absolute Gasteiger partial charge is 0.307 e. The second kappa shape index (κ2) is 9.02. The number of piperidine rings is 1. The molecule has 6 heteroatoms. The zero-order valence-electron chi connectivity index (χ0n) is 18.7. The average Bonchev–Trinajstić information content (AvgIpc) is 3.09. The Hall–Kier alpha value is -2.53. The van der Waals surface area contributed by atoms with Crippen LogP contribution in [0.15, 0.2) is 66.7 Å². The first-order chi connectivity index (χ1) is 15.9. The molecule has 1 saturated heterocycles. The number of rotatable bonds is 3. The summed E-state index contributed by atoms with van der Waals surface area (Å²) in [5, 5.41) is 4.41. The van der Waals surface area contributed by atoms with Crippen molar-refractivity contribution in [2.75, 3.05) is 29.9 Å². The van der Waals surface area contributed by atoms with Gasteiger partial charge in [-0.05, 0) is 80.4 Å². The SMILES string of the molecule is Cc1ccc2c(c1)C1(CCN(Cc3cccc(Cl)c3)CC1)CN2C(=O)Nc1cccc(Cl)c1. The van der Waals surface area contributed by atoms with Crippen molar-refractivity contribution < 1.29 is 4.79 Å². The minimum absolute atomic E-state index is 0.0160. The maximum absolute atomic E-state index is 13.3. The molecule has 0 atom stereocenters. The number of benzene rings is 3. The average molecular weight is 480 g/mol. The third-order valence-corrected chi connectivity index (χ3v) is 7.37. The summed E-state index contributed by atoms with van der Waals surface area (Å²) in [6.07, 6.45) is 2.04. The molecule has 0 aliphatic carbocycles. The molecule has 0 aromatic heterocycles. The van der Waals surface area contributed by atoms with Crippen molar-refractivity contribution in [3.05, 3.63) is 93.5 Å². The lowest BCUT2D eigenvalue weighted by Gasteiger charge is -2.40. The molecule has 1 N–H and O–H groups in total. The number of halogens is 2. The van der Waals surface area contributed by atoms with E-state index >= 15 is 0 Å². The van der Waals surface area contributed by atoms with Gasteiger partial charge in [-0.25, -0.2) is 4.79 Å². The van der Waals surface area contributed by atoms with Crippen molar-refractivity contribution in [1.82, 2.24) is 4.90 Å². The standard InChI is InChI=1S/C27H27Cl2N3O/c1-19-8-9-25-24(14-19)27(18-32(25)26(33)30-23-7-3-6-22(29)16-23)10-12-31(13-11-27)17-20-4-2-5-21(28)15-20/h2-9,14-16H,10-13,17-18H2,1H3,(H,30,33). The van der Waals surface area contributed by atoms with Crippen LogP contribution in [0.25, 0.3) is 0 Å². The van der Waals surface area contributed by atoms with E-state index in [-0.39, 0.29) is 11.4 Å². The maximum Gasteiger partial charge on any atom is 0.326 e. The van der Waals surface area contributed by atoms with Crippen LogP contribution in [0.3, 0.4) is 0 Å². The number of carbonyl (C=O) groups excluding carboxylic acids is 1. The molecule has 170 valence electrons. The minimum Gasteiger partial charge on any atom is -0.307 e. The van der Waals surface area contributed by atoms with E-state index in [1.807, 2.05) is 35.2 Å². The van der Waals surface area contributed by atoms with E-state index in [4.69, 9.17) is 23.2 Å². The Labute approximate surface area is 205 Å². The van der Waals surface area contributed by atoms with E-state index < -0.39 is 0 Å². The van der Waals surface area contributed by atoms with Gasteiger partial charge < -0.3 is 5.32 Å². The Morgan fingerprint density at radius 3 is 2.42 bits per heavy atom. The van der Waals surface area contributed by atoms with Crippen molar-refractivity contribution in [3.8, 4) is 0 Å². The molecule has 0 saturated carbocycles. The van der Waals surface area contributed by atoms with Crippen molar-refractivity contribution in [3.63, 3.8) is 0 Å². The third-order valence-electron chi connectivity index (χ3n) is 6.90. The number of hydrogen-bond acceptors (Lipinski definition) is 2. The summed E-state index contributed by atoms with van der Waals surface area (Å²) in [5.74, 6) is 0. The van der Waals surface area contributed by atoms with Gasteiger partial charge in [0.25, 0.3) is 0 Å². The number of nitrogens with zero attached hydrogens (tertiary/aromatic N) is 2. The molecule has 5 rings (SSSR count). The van der Waals surface area contributed by atoms with Gasteiger partial charge >= 0.3 is 6.03 Å². The zero-order chi connectivity index (χ0) is 23.0. The van der Waals surface area contributed by atoms with Crippen LogP contribution in [-0.2, 0) is 12.0 Å². The summed E-state index contributed by atoms with van der Waals surface area (Å²) in [5.41, 5.74) is 5.47. The van der Waals surface area contributed by atoms with E-state index in [0.717, 1.165) is 43.2 Å². The van der Waals surface area contributed by atoms with Gasteiger partial charge in [0.05, 0.1) is 0 Å². The summed E-state index contributed by atoms with van der Waals surface area (Å²) in [4.78, 5) is 17.7. The van der Waals surface area contributed by atoms with Crippen LogP contribution >= 0.6 is 23.2 Å². The van der Waals surface area contributed by atoms with Crippen LogP contribution in [0.2, 0.25) is 10.0 Å². The summed E-state index contributed by atoms with van der Waals surface area (Å²) in [7, 11) is 0. The van der Waals surface area contributed by atoms with Gasteiger partial charge in [0.1, 0.15) is 0 Å². The van der Waals surface area contributed by atoms with Crippen LogP contribution in [0.4, 0.5) is 16.2 Å². The fourth-order valence-electron chi connectivity index (χ4n) is 5.18. The largest absolute Gasteiger partial charge is 0.326 e. The normalized spacial score (nSPS) is 17.2. The number of likely N-dealkylation sites (tertiary alicyclic amines) is 1. The number of amides is 2. The molecule has 1 spiro atoms. The summed E-state index contributed by atoms with van der Waals surface area (Å²) in [6.45, 7) is 5.70. The van der Waals surface area contributed by atoms with E-state index in [0.29, 0.717) is 17.3 Å². The first-order valence-corrected chi connectivity index (χ1v) is 12.1. The van der Waals surface area contributed by atoms with Crippen molar-refractivity contribution in [2.24, 2.45) is 0 Å². The monoisotopic (exact) mass is 479 g/mol. The van der Waals surface area contributed by atoms with Gasteiger partial charge in [-0.3, -0.25) is 9.80 Å². The number of carbonyl (C=O) groups is 1. The van der Waals surface area contributed by atoms with Crippen LogP contribution in [0.5, 0.6) is 0 Å². The van der Waals surface area contributed by atoms with Crippen molar-refractivity contribution >= 4 is 40.6 Å². The van der Waals surface area contributed by atoms with E-state index in [1.54, 1.807) is 12.1 Å². The molecule has 4 nitrogen and oxygen atoms in total. The molecule has 2 amide bonds. The first kappa shape index (κ1) is 22.3. The van der Waals surface area contributed by atoms with Crippen LogP contribution in [0, 0.1) is 6.92 Å². The molecular formula is C27H27Cl2N3O. The molecule has 33 heavy (non-hydrogen) atoms. The summed E-state index contributed by atoms with van der Waals surface area (Å²) >= 11 is 12.3. The van der Waals surface area contributed by atoms with Crippen LogP contribution < -0.4 is 10.2 Å². The van der Waals surface area contributed by atoms with Gasteiger partial charge in [0.2, 0.25) is 0 Å². The van der Waals surface area contributed by atoms with Gasteiger partial charge in [-0.15, -0.1) is 0 Å². The molecule has 0 unspecified atom stereocenters. The number of urea groups is 1. The quantitative estimate of drug-likeness (QED) is 0.443. The Morgan fingerprint density at radius 1 is 0.970 bits per heavy atom. The number of nitrogens with one attached hydrogen (secondary N) is 1. The van der Waals surface area contributed by atoms with Crippen molar-refractivity contribution in [1.29, 1.82) is 0 Å². The van der Waals surface area contributed by atoms with Gasteiger partial charge in [-0.1, -0.05) is 59.1 Å². The van der Waals surface area contributed by atoms with Crippen molar-refractivity contribution in [2.45, 2.75) is 31.7 Å². The first-order valence-electron chi connectivity index (χ1n) is 11.3. The van der Waals surface area contributed by atoms with Crippen LogP contribution in [-0.4, -0.2) is 30.6 Å². The molecule has 2 aliphatic rings. The van der Waals surface area contributed by atoms with Gasteiger partial charge in [-0.2, -0.15) is 0 Å². The second-order valence-corrected chi connectivity index (χ2v) is 10.1. The maximum atomic E-state index is 13.3. The minimum atomic E-state index is -0.111. The number of fused-ring (bicyclic) bond motifs is 2. The van der Waals surface area contributed by atoms with E-state index in [2.05, 4.69) is 41.4 Å². The molecule has 2 heterocycles. The van der Waals surface area contributed by atoms with E-state index in [9.17, 15) is 4.79 Å². The number of anilines is 2. The zero-order valence-corrected chi connectivity index (χ0v) is 20.2. The Kier molecular flexibility index (Phi) is 6.09. The number of aryl methyl sites for hydroxylation is 1. The summed E-state index contributed by atoms with van der Waals surface area (Å²) < 4.78 is 0. The lowest BCUT2D eigenvalue weighted by atomic mass is 9.74. The molecule has 0 radical (unpaired) electrons. The van der Waals surface area contributed by atoms with Gasteiger partial charge in [0, 0.05) is 39.9 Å². The van der Waals surface area contributed by atoms with E-state index in [1.165, 1.54) is 16.7 Å². The Bertz CT molecular complexity index is 1190. The highest BCUT2D eigenvalue weighted by Gasteiger charge is 2.46. The molecule has 2 aliphatic heterocycles. The topological polar surface area (TPSA) is 35.6 Å². The fourth-order valence-corrected chi connectivity index (χ4v) is 5.58. The fraction of sp³-hybridized carbons (Fsp3) is 0.296. The van der Waals surface area contributed by atoms with Gasteiger partial charge in [0.15, 0.2) is 0 Å². The lowest BCUT2D eigenvalue weighted by molar-refractivity contribution is 0.160. The molecular weight excluding hydrogens is 453 g/mol. The highest BCUT2D eigenvalue weighted by molar-refractivity contribution is 6.31. The van der Waals surface area contributed by atoms with Crippen LogP contribution in [0.1, 0.15) is 29.5 Å². The highest BCUT2D eigenvalue weighted by Crippen LogP contribution is 2.47. The lowest BCUT2D eigenvalue weighted by Crippen LogP contribution is -2.46.